The molecular weight excluding hydrogens is 269 g/mol. The van der Waals surface area contributed by atoms with Gasteiger partial charge in [0.15, 0.2) is 23.0 Å². The molecule has 4 heteroatoms. The molecule has 0 heterocycles. The second-order valence-corrected chi connectivity index (χ2v) is 2.69. The van der Waals surface area contributed by atoms with Gasteiger partial charge in [-0.2, -0.15) is 0 Å². The Morgan fingerprint density at radius 1 is 1.75 bits per heavy atom. The molecule has 0 fully saturated rings. The highest BCUT2D eigenvalue weighted by atomic mass is 127. The monoisotopic (exact) mass is 281 g/mol. The van der Waals surface area contributed by atoms with Crippen molar-refractivity contribution in [1.29, 1.82) is 0 Å². The number of hydrogen-bond acceptors (Lipinski definition) is 2. The van der Waals surface area contributed by atoms with Crippen LogP contribution in [0.3, 0.4) is 0 Å². The molecule has 0 spiro atoms. The molecule has 0 radical (unpaired) electrons. The molecule has 0 rings (SSSR count). The van der Waals surface area contributed by atoms with Gasteiger partial charge in [0, 0.05) is 12.5 Å². The van der Waals surface area contributed by atoms with Crippen LogP contribution in [0.2, 0.25) is 0 Å². The van der Waals surface area contributed by atoms with E-state index in [0.29, 0.717) is 6.54 Å². The maximum atomic E-state index is 10.6. The second-order valence-electron chi connectivity index (χ2n) is 2.25. The Bertz CT molecular complexity index is 195. The van der Waals surface area contributed by atoms with E-state index in [0.717, 1.165) is 6.42 Å². The van der Waals surface area contributed by atoms with Crippen LogP contribution in [0.15, 0.2) is 0 Å². The molecule has 0 aliphatic heterocycles. The van der Waals surface area contributed by atoms with E-state index >= 15 is 0 Å². The van der Waals surface area contributed by atoms with Crippen molar-refractivity contribution in [2.75, 3.05) is 6.54 Å². The van der Waals surface area contributed by atoms with Gasteiger partial charge in [-0.3, -0.25) is 0 Å². The summed E-state index contributed by atoms with van der Waals surface area (Å²) in [5, 5.41) is 2.60. The summed E-state index contributed by atoms with van der Waals surface area (Å²) in [5.74, 6) is 6.03. The van der Waals surface area contributed by atoms with Crippen molar-refractivity contribution in [1.82, 2.24) is 5.32 Å². The first-order valence-electron chi connectivity index (χ1n) is 3.73. The van der Waals surface area contributed by atoms with E-state index in [1.165, 1.54) is 0 Å². The average Bonchev–Trinajstić information content (AvgIpc) is 2.11. The van der Waals surface area contributed by atoms with Crippen LogP contribution in [0.5, 0.6) is 0 Å². The third kappa shape index (κ3) is 5.24. The lowest BCUT2D eigenvalue weighted by molar-refractivity contribution is 0.213. The lowest BCUT2D eigenvalue weighted by atomic mass is 10.1. The predicted octanol–water partition coefficient (Wildman–Crippen LogP) is 2.11. The molecule has 0 aromatic carbocycles. The molecule has 68 valence electrons. The molecule has 0 saturated heterocycles. The van der Waals surface area contributed by atoms with E-state index in [1.807, 2.05) is 6.92 Å². The lowest BCUT2D eigenvalue weighted by Gasteiger charge is -2.07. The Labute approximate surface area is 86.9 Å². The quantitative estimate of drug-likeness (QED) is 0.635. The SMILES string of the molecule is CC#CC(CC)CNC(=O)OI. The zero-order valence-electron chi connectivity index (χ0n) is 7.19. The van der Waals surface area contributed by atoms with Gasteiger partial charge in [0.1, 0.15) is 0 Å². The normalized spacial score (nSPS) is 10.9. The van der Waals surface area contributed by atoms with Gasteiger partial charge in [-0.05, 0) is 13.3 Å². The number of rotatable bonds is 3. The minimum absolute atomic E-state index is 0.227. The molecular formula is C8H12INO2. The lowest BCUT2D eigenvalue weighted by Crippen LogP contribution is -2.27. The van der Waals surface area contributed by atoms with Gasteiger partial charge in [-0.25, -0.2) is 4.79 Å². The highest BCUT2D eigenvalue weighted by Gasteiger charge is 2.04. The summed E-state index contributed by atoms with van der Waals surface area (Å²) in [5.41, 5.74) is 0. The molecule has 0 aromatic heterocycles. The predicted molar refractivity (Wildman–Crippen MR) is 55.7 cm³/mol. The number of amides is 1. The Morgan fingerprint density at radius 2 is 2.42 bits per heavy atom. The van der Waals surface area contributed by atoms with Crippen molar-refractivity contribution in [3.8, 4) is 11.8 Å². The first-order chi connectivity index (χ1) is 5.74. The standard InChI is InChI=1S/C8H12INO2/c1-3-5-7(4-2)6-10-8(11)12-9/h7H,4,6H2,1-2H3,(H,10,11). The van der Waals surface area contributed by atoms with E-state index in [-0.39, 0.29) is 5.92 Å². The van der Waals surface area contributed by atoms with Gasteiger partial charge >= 0.3 is 6.09 Å². The van der Waals surface area contributed by atoms with Crippen molar-refractivity contribution in [2.45, 2.75) is 20.3 Å². The van der Waals surface area contributed by atoms with Gasteiger partial charge in [0.05, 0.1) is 0 Å². The number of nitrogens with one attached hydrogen (secondary N) is 1. The zero-order chi connectivity index (χ0) is 9.40. The minimum atomic E-state index is -0.410. The van der Waals surface area contributed by atoms with E-state index in [9.17, 15) is 4.79 Å². The van der Waals surface area contributed by atoms with Crippen LogP contribution in [-0.2, 0) is 3.07 Å². The van der Waals surface area contributed by atoms with Crippen LogP contribution < -0.4 is 5.32 Å². The number of carbonyl (C=O) groups excluding carboxylic acids is 1. The van der Waals surface area contributed by atoms with E-state index in [2.05, 4.69) is 20.2 Å². The fourth-order valence-electron chi connectivity index (χ4n) is 0.735. The molecule has 0 saturated carbocycles. The Hall–Kier alpha value is -0.440. The van der Waals surface area contributed by atoms with E-state index in [4.69, 9.17) is 0 Å². The van der Waals surface area contributed by atoms with Crippen LogP contribution in [0.1, 0.15) is 20.3 Å². The van der Waals surface area contributed by atoms with Crippen molar-refractivity contribution in [2.24, 2.45) is 5.92 Å². The van der Waals surface area contributed by atoms with E-state index in [1.54, 1.807) is 29.9 Å². The summed E-state index contributed by atoms with van der Waals surface area (Å²) < 4.78 is 4.40. The van der Waals surface area contributed by atoms with Crippen LogP contribution in [0, 0.1) is 17.8 Å². The van der Waals surface area contributed by atoms with Gasteiger partial charge < -0.3 is 8.38 Å². The van der Waals surface area contributed by atoms with Crippen molar-refractivity contribution < 1.29 is 7.86 Å². The van der Waals surface area contributed by atoms with Crippen LogP contribution in [-0.4, -0.2) is 12.6 Å². The van der Waals surface area contributed by atoms with Crippen molar-refractivity contribution in [3.63, 3.8) is 0 Å². The fourth-order valence-corrected chi connectivity index (χ4v) is 0.891. The summed E-state index contributed by atoms with van der Waals surface area (Å²) >= 11 is 1.55. The molecule has 0 aliphatic carbocycles. The summed E-state index contributed by atoms with van der Waals surface area (Å²) in [4.78, 5) is 10.6. The molecule has 1 unspecified atom stereocenters. The maximum Gasteiger partial charge on any atom is 0.416 e. The molecule has 12 heavy (non-hydrogen) atoms. The summed E-state index contributed by atoms with van der Waals surface area (Å²) in [6.45, 7) is 4.38. The van der Waals surface area contributed by atoms with E-state index < -0.39 is 6.09 Å². The van der Waals surface area contributed by atoms with Gasteiger partial charge in [0.25, 0.3) is 0 Å². The molecule has 0 aliphatic rings. The molecule has 1 amide bonds. The van der Waals surface area contributed by atoms with Gasteiger partial charge in [-0.15, -0.1) is 5.92 Å². The molecule has 3 nitrogen and oxygen atoms in total. The number of carbonyl (C=O) groups is 1. The molecule has 0 bridgehead atoms. The largest absolute Gasteiger partial charge is 0.416 e. The molecule has 1 atom stereocenters. The van der Waals surface area contributed by atoms with Crippen molar-refractivity contribution in [3.05, 3.63) is 0 Å². The maximum absolute atomic E-state index is 10.6. The summed E-state index contributed by atoms with van der Waals surface area (Å²) in [7, 11) is 0. The third-order valence-electron chi connectivity index (χ3n) is 1.40. The smallest absolute Gasteiger partial charge is 0.378 e. The number of hydrogen-bond donors (Lipinski definition) is 1. The fraction of sp³-hybridized carbons (Fsp3) is 0.625. The Morgan fingerprint density at radius 3 is 2.83 bits per heavy atom. The Kier molecular flexibility index (Phi) is 6.96. The molecule has 0 aromatic rings. The average molecular weight is 281 g/mol. The first-order valence-corrected chi connectivity index (χ1v) is 4.61. The van der Waals surface area contributed by atoms with Crippen LogP contribution >= 0.6 is 23.0 Å². The number of halogens is 1. The minimum Gasteiger partial charge on any atom is -0.378 e. The van der Waals surface area contributed by atoms with Crippen LogP contribution in [0.25, 0.3) is 0 Å². The zero-order valence-corrected chi connectivity index (χ0v) is 9.34. The van der Waals surface area contributed by atoms with Gasteiger partial charge in [-0.1, -0.05) is 12.8 Å². The second kappa shape index (κ2) is 7.22. The third-order valence-corrected chi connectivity index (χ3v) is 1.80. The van der Waals surface area contributed by atoms with Crippen LogP contribution in [0.4, 0.5) is 4.79 Å². The first kappa shape index (κ1) is 11.6. The van der Waals surface area contributed by atoms with Gasteiger partial charge in [0.2, 0.25) is 0 Å². The van der Waals surface area contributed by atoms with Crippen molar-refractivity contribution >= 4 is 29.1 Å². The summed E-state index contributed by atoms with van der Waals surface area (Å²) in [6, 6.07) is 0. The highest BCUT2D eigenvalue weighted by Crippen LogP contribution is 1.98. The topological polar surface area (TPSA) is 38.3 Å². The summed E-state index contributed by atoms with van der Waals surface area (Å²) in [6.07, 6.45) is 0.523. The Balaban J connectivity index is 3.70. The molecule has 1 N–H and O–H groups in total. The highest BCUT2D eigenvalue weighted by molar-refractivity contribution is 14.1.